The summed E-state index contributed by atoms with van der Waals surface area (Å²) in [7, 11) is 1.72. The van der Waals surface area contributed by atoms with Gasteiger partial charge in [-0.05, 0) is 60.3 Å². The molecule has 108 valence electrons. The van der Waals surface area contributed by atoms with E-state index in [1.807, 2.05) is 0 Å². The van der Waals surface area contributed by atoms with Crippen molar-refractivity contribution < 1.29 is 9.53 Å². The van der Waals surface area contributed by atoms with E-state index in [1.54, 1.807) is 7.11 Å². The Kier molecular flexibility index (Phi) is 3.15. The zero-order chi connectivity index (χ0) is 14.4. The van der Waals surface area contributed by atoms with Gasteiger partial charge in [0.25, 0.3) is 0 Å². The molecule has 1 fully saturated rings. The van der Waals surface area contributed by atoms with Crippen molar-refractivity contribution in [2.45, 2.75) is 51.4 Å². The van der Waals surface area contributed by atoms with Gasteiger partial charge in [0.1, 0.15) is 12.0 Å². The van der Waals surface area contributed by atoms with Crippen LogP contribution in [0.25, 0.3) is 0 Å². The standard InChI is InChI=1S/C18H24O2/c1-17(12-19)9-4-10-18(2)15-7-6-14(20-3)11-13(15)5-8-16(17)18/h6-7,11-12,16H,4-5,8-10H2,1-3H3/t16-,17+,18+/m0/s1. The van der Waals surface area contributed by atoms with Gasteiger partial charge in [0, 0.05) is 5.41 Å². The Hall–Kier alpha value is -1.31. The highest BCUT2D eigenvalue weighted by molar-refractivity contribution is 5.61. The normalized spacial score (nSPS) is 35.9. The predicted octanol–water partition coefficient (Wildman–Crippen LogP) is 3.90. The SMILES string of the molecule is COc1ccc2c(c1)CC[C@H]1[C@@](C)(C=O)CCC[C@]21C. The maximum absolute atomic E-state index is 11.7. The third kappa shape index (κ3) is 1.81. The fourth-order valence-corrected chi connectivity index (χ4v) is 4.79. The van der Waals surface area contributed by atoms with Gasteiger partial charge in [-0.15, -0.1) is 0 Å². The third-order valence-electron chi connectivity index (χ3n) is 5.88. The Bertz CT molecular complexity index is 536. The smallest absolute Gasteiger partial charge is 0.126 e. The first-order valence-electron chi connectivity index (χ1n) is 7.67. The van der Waals surface area contributed by atoms with Crippen molar-refractivity contribution in [2.75, 3.05) is 7.11 Å². The summed E-state index contributed by atoms with van der Waals surface area (Å²) >= 11 is 0. The number of hydrogen-bond donors (Lipinski definition) is 0. The van der Waals surface area contributed by atoms with Crippen LogP contribution >= 0.6 is 0 Å². The molecule has 0 aromatic heterocycles. The van der Waals surface area contributed by atoms with Crippen LogP contribution in [0.4, 0.5) is 0 Å². The van der Waals surface area contributed by atoms with Crippen molar-refractivity contribution in [2.24, 2.45) is 11.3 Å². The van der Waals surface area contributed by atoms with Crippen LogP contribution in [0.3, 0.4) is 0 Å². The molecule has 2 aliphatic rings. The second-order valence-electron chi connectivity index (χ2n) is 7.01. The van der Waals surface area contributed by atoms with E-state index in [-0.39, 0.29) is 10.8 Å². The number of fused-ring (bicyclic) bond motifs is 3. The third-order valence-corrected chi connectivity index (χ3v) is 5.88. The van der Waals surface area contributed by atoms with Crippen molar-refractivity contribution in [3.8, 4) is 5.75 Å². The van der Waals surface area contributed by atoms with Gasteiger partial charge < -0.3 is 9.53 Å². The van der Waals surface area contributed by atoms with Gasteiger partial charge in [-0.3, -0.25) is 0 Å². The number of carbonyl (C=O) groups excluding carboxylic acids is 1. The van der Waals surface area contributed by atoms with Crippen LogP contribution in [0.5, 0.6) is 5.75 Å². The molecular formula is C18H24O2. The lowest BCUT2D eigenvalue weighted by atomic mass is 9.50. The number of benzene rings is 1. The van der Waals surface area contributed by atoms with Gasteiger partial charge in [0.05, 0.1) is 7.11 Å². The fraction of sp³-hybridized carbons (Fsp3) is 0.611. The van der Waals surface area contributed by atoms with Crippen LogP contribution in [0.1, 0.15) is 50.7 Å². The van der Waals surface area contributed by atoms with Gasteiger partial charge in [-0.2, -0.15) is 0 Å². The first-order chi connectivity index (χ1) is 9.53. The topological polar surface area (TPSA) is 26.3 Å². The van der Waals surface area contributed by atoms with Gasteiger partial charge in [0.2, 0.25) is 0 Å². The highest BCUT2D eigenvalue weighted by Crippen LogP contribution is 2.56. The number of ether oxygens (including phenoxy) is 1. The summed E-state index contributed by atoms with van der Waals surface area (Å²) in [6.07, 6.45) is 6.79. The molecule has 0 saturated heterocycles. The Morgan fingerprint density at radius 3 is 2.80 bits per heavy atom. The number of carbonyl (C=O) groups is 1. The molecule has 0 N–H and O–H groups in total. The van der Waals surface area contributed by atoms with Gasteiger partial charge >= 0.3 is 0 Å². The highest BCUT2D eigenvalue weighted by atomic mass is 16.5. The van der Waals surface area contributed by atoms with E-state index in [0.717, 1.165) is 31.4 Å². The summed E-state index contributed by atoms with van der Waals surface area (Å²) in [4.78, 5) is 11.7. The van der Waals surface area contributed by atoms with Gasteiger partial charge in [0.15, 0.2) is 0 Å². The molecule has 0 radical (unpaired) electrons. The number of hydrogen-bond acceptors (Lipinski definition) is 2. The Morgan fingerprint density at radius 1 is 1.30 bits per heavy atom. The summed E-state index contributed by atoms with van der Waals surface area (Å²) in [5.41, 5.74) is 2.86. The van der Waals surface area contributed by atoms with Crippen molar-refractivity contribution in [3.63, 3.8) is 0 Å². The maximum atomic E-state index is 11.7. The summed E-state index contributed by atoms with van der Waals surface area (Å²) < 4.78 is 5.36. The molecule has 0 unspecified atom stereocenters. The molecule has 0 aliphatic heterocycles. The van der Waals surface area contributed by atoms with Crippen molar-refractivity contribution in [3.05, 3.63) is 29.3 Å². The van der Waals surface area contributed by atoms with E-state index >= 15 is 0 Å². The molecule has 1 saturated carbocycles. The molecule has 3 rings (SSSR count). The predicted molar refractivity (Wildman–Crippen MR) is 80.2 cm³/mol. The number of methoxy groups -OCH3 is 1. The average molecular weight is 272 g/mol. The average Bonchev–Trinajstić information content (AvgIpc) is 2.46. The van der Waals surface area contributed by atoms with Crippen LogP contribution < -0.4 is 4.74 Å². The molecule has 2 nitrogen and oxygen atoms in total. The molecule has 0 bridgehead atoms. The van der Waals surface area contributed by atoms with Gasteiger partial charge in [-0.1, -0.05) is 26.3 Å². The summed E-state index contributed by atoms with van der Waals surface area (Å²) in [6, 6.07) is 6.49. The monoisotopic (exact) mass is 272 g/mol. The second-order valence-corrected chi connectivity index (χ2v) is 7.01. The molecule has 2 heteroatoms. The van der Waals surface area contributed by atoms with Gasteiger partial charge in [-0.25, -0.2) is 0 Å². The Balaban J connectivity index is 2.08. The molecule has 20 heavy (non-hydrogen) atoms. The minimum absolute atomic E-state index is 0.147. The van der Waals surface area contributed by atoms with Crippen molar-refractivity contribution in [1.82, 2.24) is 0 Å². The zero-order valence-corrected chi connectivity index (χ0v) is 12.7. The molecule has 0 amide bonds. The fourth-order valence-electron chi connectivity index (χ4n) is 4.79. The lowest BCUT2D eigenvalue weighted by Crippen LogP contribution is -2.49. The zero-order valence-electron chi connectivity index (χ0n) is 12.7. The molecule has 3 atom stereocenters. The molecule has 1 aromatic carbocycles. The van der Waals surface area contributed by atoms with E-state index in [2.05, 4.69) is 32.0 Å². The quantitative estimate of drug-likeness (QED) is 0.763. The summed E-state index contributed by atoms with van der Waals surface area (Å²) in [6.45, 7) is 4.53. The molecule has 0 spiro atoms. The minimum atomic E-state index is -0.148. The lowest BCUT2D eigenvalue weighted by molar-refractivity contribution is -0.123. The van der Waals surface area contributed by atoms with Crippen LogP contribution in [-0.4, -0.2) is 13.4 Å². The summed E-state index contributed by atoms with van der Waals surface area (Å²) in [5, 5.41) is 0. The van der Waals surface area contributed by atoms with Crippen LogP contribution in [0.15, 0.2) is 18.2 Å². The molecule has 0 heterocycles. The maximum Gasteiger partial charge on any atom is 0.126 e. The van der Waals surface area contributed by atoms with E-state index in [9.17, 15) is 4.79 Å². The summed E-state index contributed by atoms with van der Waals surface area (Å²) in [5.74, 6) is 1.42. The largest absolute Gasteiger partial charge is 0.497 e. The first kappa shape index (κ1) is 13.7. The number of rotatable bonds is 2. The lowest BCUT2D eigenvalue weighted by Gasteiger charge is -2.53. The first-order valence-corrected chi connectivity index (χ1v) is 7.67. The van der Waals surface area contributed by atoms with Crippen LogP contribution in [0, 0.1) is 11.3 Å². The van der Waals surface area contributed by atoms with Crippen molar-refractivity contribution >= 4 is 6.29 Å². The van der Waals surface area contributed by atoms with E-state index in [4.69, 9.17) is 4.74 Å². The minimum Gasteiger partial charge on any atom is -0.497 e. The van der Waals surface area contributed by atoms with E-state index in [0.29, 0.717) is 5.92 Å². The second kappa shape index (κ2) is 4.61. The molecule has 1 aromatic rings. The van der Waals surface area contributed by atoms with Crippen molar-refractivity contribution in [1.29, 1.82) is 0 Å². The van der Waals surface area contributed by atoms with Crippen LogP contribution in [-0.2, 0) is 16.6 Å². The molecule has 2 aliphatic carbocycles. The number of aldehydes is 1. The van der Waals surface area contributed by atoms with E-state index in [1.165, 1.54) is 23.8 Å². The van der Waals surface area contributed by atoms with Crippen LogP contribution in [0.2, 0.25) is 0 Å². The number of aryl methyl sites for hydroxylation is 1. The highest BCUT2D eigenvalue weighted by Gasteiger charge is 2.51. The van der Waals surface area contributed by atoms with E-state index < -0.39 is 0 Å². The Morgan fingerprint density at radius 2 is 2.10 bits per heavy atom. The molecular weight excluding hydrogens is 248 g/mol. The Labute approximate surface area is 121 Å².